The average molecular weight is 238 g/mol. The van der Waals surface area contributed by atoms with Crippen LogP contribution in [-0.2, 0) is 9.53 Å². The Labute approximate surface area is 101 Å². The number of hydrogen-bond donors (Lipinski definition) is 0. The van der Waals surface area contributed by atoms with Crippen LogP contribution in [0, 0.1) is 6.92 Å². The highest BCUT2D eigenvalue weighted by Gasteiger charge is 2.01. The van der Waals surface area contributed by atoms with Gasteiger partial charge in [-0.2, -0.15) is 0 Å². The van der Waals surface area contributed by atoms with E-state index in [0.29, 0.717) is 13.0 Å². The zero-order valence-electron chi connectivity index (χ0n) is 9.86. The van der Waals surface area contributed by atoms with E-state index in [4.69, 9.17) is 4.74 Å². The molecule has 0 spiro atoms. The molecule has 0 aliphatic carbocycles. The van der Waals surface area contributed by atoms with E-state index in [1.54, 1.807) is 11.8 Å². The van der Waals surface area contributed by atoms with Crippen molar-refractivity contribution in [2.45, 2.75) is 31.6 Å². The third-order valence-electron chi connectivity index (χ3n) is 2.12. The molecule has 0 fully saturated rings. The van der Waals surface area contributed by atoms with Gasteiger partial charge in [0.15, 0.2) is 0 Å². The molecule has 0 unspecified atom stereocenters. The van der Waals surface area contributed by atoms with Crippen molar-refractivity contribution in [1.29, 1.82) is 0 Å². The lowest BCUT2D eigenvalue weighted by atomic mass is 10.2. The van der Waals surface area contributed by atoms with Crippen molar-refractivity contribution in [2.75, 3.05) is 12.4 Å². The van der Waals surface area contributed by atoms with Crippen LogP contribution in [0.15, 0.2) is 29.2 Å². The molecular weight excluding hydrogens is 220 g/mol. The largest absolute Gasteiger partial charge is 0.466 e. The van der Waals surface area contributed by atoms with Gasteiger partial charge in [0.25, 0.3) is 0 Å². The molecule has 16 heavy (non-hydrogen) atoms. The fourth-order valence-corrected chi connectivity index (χ4v) is 2.13. The van der Waals surface area contributed by atoms with Crippen LogP contribution in [0.1, 0.15) is 25.3 Å². The van der Waals surface area contributed by atoms with Gasteiger partial charge in [-0.25, -0.2) is 0 Å². The summed E-state index contributed by atoms with van der Waals surface area (Å²) in [6.45, 7) is 4.39. The predicted molar refractivity (Wildman–Crippen MR) is 67.8 cm³/mol. The highest BCUT2D eigenvalue weighted by molar-refractivity contribution is 7.99. The van der Waals surface area contributed by atoms with E-state index in [-0.39, 0.29) is 5.97 Å². The third-order valence-corrected chi connectivity index (χ3v) is 3.22. The standard InChI is InChI=1S/C13H18O2S/c1-3-15-13(14)5-4-10-16-12-8-6-11(2)7-9-12/h6-9H,3-5,10H2,1-2H3. The van der Waals surface area contributed by atoms with Gasteiger partial charge in [-0.05, 0) is 38.2 Å². The van der Waals surface area contributed by atoms with Gasteiger partial charge in [0, 0.05) is 11.3 Å². The molecule has 1 aromatic rings. The first-order chi connectivity index (χ1) is 7.72. The summed E-state index contributed by atoms with van der Waals surface area (Å²) in [5.74, 6) is 0.869. The van der Waals surface area contributed by atoms with Gasteiger partial charge in [-0.1, -0.05) is 17.7 Å². The zero-order valence-corrected chi connectivity index (χ0v) is 10.7. The number of esters is 1. The first-order valence-corrected chi connectivity index (χ1v) is 6.56. The third kappa shape index (κ3) is 5.21. The second kappa shape index (κ2) is 7.34. The summed E-state index contributed by atoms with van der Waals surface area (Å²) in [4.78, 5) is 12.3. The first-order valence-electron chi connectivity index (χ1n) is 5.57. The van der Waals surface area contributed by atoms with Gasteiger partial charge in [0.05, 0.1) is 6.61 Å². The quantitative estimate of drug-likeness (QED) is 0.431. The van der Waals surface area contributed by atoms with Crippen molar-refractivity contribution < 1.29 is 9.53 Å². The molecule has 1 rings (SSSR count). The van der Waals surface area contributed by atoms with Crippen LogP contribution in [0.3, 0.4) is 0 Å². The number of ether oxygens (including phenoxy) is 1. The Morgan fingerprint density at radius 2 is 2.00 bits per heavy atom. The van der Waals surface area contributed by atoms with Gasteiger partial charge in [0.2, 0.25) is 0 Å². The fraction of sp³-hybridized carbons (Fsp3) is 0.462. The van der Waals surface area contributed by atoms with E-state index in [9.17, 15) is 4.79 Å². The number of carbonyl (C=O) groups is 1. The predicted octanol–water partition coefficient (Wildman–Crippen LogP) is 3.43. The highest BCUT2D eigenvalue weighted by Crippen LogP contribution is 2.19. The van der Waals surface area contributed by atoms with Crippen LogP contribution in [0.5, 0.6) is 0 Å². The molecule has 0 heterocycles. The molecule has 3 heteroatoms. The molecular formula is C13H18O2S. The van der Waals surface area contributed by atoms with Gasteiger partial charge < -0.3 is 4.74 Å². The molecule has 0 aromatic heterocycles. The topological polar surface area (TPSA) is 26.3 Å². The Morgan fingerprint density at radius 3 is 2.62 bits per heavy atom. The maximum atomic E-state index is 11.1. The minimum atomic E-state index is -0.0907. The number of thioether (sulfide) groups is 1. The Kier molecular flexibility index (Phi) is 6.01. The summed E-state index contributed by atoms with van der Waals surface area (Å²) < 4.78 is 4.86. The zero-order chi connectivity index (χ0) is 11.8. The van der Waals surface area contributed by atoms with Crippen molar-refractivity contribution in [1.82, 2.24) is 0 Å². The average Bonchev–Trinajstić information content (AvgIpc) is 2.27. The second-order valence-corrected chi connectivity index (χ2v) is 4.74. The number of carbonyl (C=O) groups excluding carboxylic acids is 1. The van der Waals surface area contributed by atoms with Crippen LogP contribution < -0.4 is 0 Å². The number of rotatable bonds is 6. The van der Waals surface area contributed by atoms with Crippen molar-refractivity contribution in [3.05, 3.63) is 29.8 Å². The summed E-state index contributed by atoms with van der Waals surface area (Å²) in [5, 5.41) is 0. The SMILES string of the molecule is CCOC(=O)CCCSc1ccc(C)cc1. The van der Waals surface area contributed by atoms with E-state index in [2.05, 4.69) is 31.2 Å². The smallest absolute Gasteiger partial charge is 0.305 e. The molecule has 0 N–H and O–H groups in total. The molecule has 0 bridgehead atoms. The van der Waals surface area contributed by atoms with Gasteiger partial charge in [-0.3, -0.25) is 4.79 Å². The molecule has 0 aliphatic heterocycles. The van der Waals surface area contributed by atoms with Crippen LogP contribution >= 0.6 is 11.8 Å². The molecule has 2 nitrogen and oxygen atoms in total. The maximum Gasteiger partial charge on any atom is 0.305 e. The Balaban J connectivity index is 2.16. The minimum absolute atomic E-state index is 0.0907. The lowest BCUT2D eigenvalue weighted by Gasteiger charge is -2.02. The van der Waals surface area contributed by atoms with E-state index in [1.807, 2.05) is 6.92 Å². The molecule has 0 amide bonds. The monoisotopic (exact) mass is 238 g/mol. The number of hydrogen-bond acceptors (Lipinski definition) is 3. The Hall–Kier alpha value is -0.960. The Morgan fingerprint density at radius 1 is 1.31 bits per heavy atom. The normalized spacial score (nSPS) is 10.1. The molecule has 0 radical (unpaired) electrons. The van der Waals surface area contributed by atoms with Gasteiger partial charge >= 0.3 is 5.97 Å². The van der Waals surface area contributed by atoms with E-state index in [1.165, 1.54) is 10.5 Å². The van der Waals surface area contributed by atoms with Crippen LogP contribution in [0.25, 0.3) is 0 Å². The van der Waals surface area contributed by atoms with Gasteiger partial charge in [0.1, 0.15) is 0 Å². The van der Waals surface area contributed by atoms with Crippen LogP contribution in [-0.4, -0.2) is 18.3 Å². The molecule has 0 saturated heterocycles. The number of benzene rings is 1. The molecule has 88 valence electrons. The molecule has 0 atom stereocenters. The lowest BCUT2D eigenvalue weighted by molar-refractivity contribution is -0.143. The van der Waals surface area contributed by atoms with Crippen molar-refractivity contribution in [3.63, 3.8) is 0 Å². The highest BCUT2D eigenvalue weighted by atomic mass is 32.2. The summed E-state index contributed by atoms with van der Waals surface area (Å²) in [6, 6.07) is 8.44. The van der Waals surface area contributed by atoms with Crippen LogP contribution in [0.4, 0.5) is 0 Å². The summed E-state index contributed by atoms with van der Waals surface area (Å²) >= 11 is 1.78. The van der Waals surface area contributed by atoms with Crippen molar-refractivity contribution in [2.24, 2.45) is 0 Å². The van der Waals surface area contributed by atoms with E-state index >= 15 is 0 Å². The molecule has 0 aliphatic rings. The molecule has 0 saturated carbocycles. The second-order valence-electron chi connectivity index (χ2n) is 3.57. The van der Waals surface area contributed by atoms with Crippen LogP contribution in [0.2, 0.25) is 0 Å². The Bertz CT molecular complexity index is 319. The minimum Gasteiger partial charge on any atom is -0.466 e. The van der Waals surface area contributed by atoms with Crippen molar-refractivity contribution >= 4 is 17.7 Å². The van der Waals surface area contributed by atoms with E-state index < -0.39 is 0 Å². The summed E-state index contributed by atoms with van der Waals surface area (Å²) in [7, 11) is 0. The van der Waals surface area contributed by atoms with Gasteiger partial charge in [-0.15, -0.1) is 11.8 Å². The lowest BCUT2D eigenvalue weighted by Crippen LogP contribution is -2.03. The van der Waals surface area contributed by atoms with Crippen molar-refractivity contribution in [3.8, 4) is 0 Å². The summed E-state index contributed by atoms with van der Waals surface area (Å²) in [5.41, 5.74) is 1.27. The first kappa shape index (κ1) is 13.1. The number of aryl methyl sites for hydroxylation is 1. The summed E-state index contributed by atoms with van der Waals surface area (Å²) in [6.07, 6.45) is 1.39. The molecule has 1 aromatic carbocycles. The fourth-order valence-electron chi connectivity index (χ4n) is 1.27. The van der Waals surface area contributed by atoms with E-state index in [0.717, 1.165) is 12.2 Å². The maximum absolute atomic E-state index is 11.1.